The molecule has 2 aliphatic heterocycles. The fourth-order valence-corrected chi connectivity index (χ4v) is 9.30. The number of aryl methyl sites for hydroxylation is 4. The van der Waals surface area contributed by atoms with E-state index in [1.165, 1.54) is 73.0 Å². The van der Waals surface area contributed by atoms with E-state index >= 15 is 0 Å². The van der Waals surface area contributed by atoms with E-state index in [4.69, 9.17) is 9.57 Å². The number of hydrogen-bond donors (Lipinski definition) is 1. The smallest absolute Gasteiger partial charge is 0.442 e. The molecule has 0 fully saturated rings. The topological polar surface area (TPSA) is 213 Å². The van der Waals surface area contributed by atoms with Crippen LogP contribution in [0.5, 0.6) is 0 Å². The minimum atomic E-state index is -3.66. The van der Waals surface area contributed by atoms with Crippen molar-refractivity contribution in [3.05, 3.63) is 57.6 Å². The zero-order chi connectivity index (χ0) is 40.5. The van der Waals surface area contributed by atoms with Crippen LogP contribution in [0.4, 0.5) is 9.59 Å². The molecule has 4 rings (SSSR count). The predicted molar refractivity (Wildman–Crippen MR) is 192 cm³/mol. The first-order valence-corrected chi connectivity index (χ1v) is 19.9. The summed E-state index contributed by atoms with van der Waals surface area (Å²) in [6.45, 7) is 13.2. The van der Waals surface area contributed by atoms with Crippen molar-refractivity contribution in [1.82, 2.24) is 20.1 Å². The van der Waals surface area contributed by atoms with Gasteiger partial charge in [-0.25, -0.2) is 36.4 Å². The van der Waals surface area contributed by atoms with Gasteiger partial charge in [-0.15, -0.1) is 5.06 Å². The molecule has 288 valence electrons. The Morgan fingerprint density at radius 2 is 1.06 bits per heavy atom. The third-order valence-corrected chi connectivity index (χ3v) is 11.6. The second-order valence-corrected chi connectivity index (χ2v) is 18.5. The second-order valence-electron chi connectivity index (χ2n) is 14.6. The molecule has 2 aromatic carbocycles. The van der Waals surface area contributed by atoms with E-state index in [0.29, 0.717) is 27.3 Å². The SMILES string of the molecule is Cc1cc(C2=NN(C)C(=O)C2(C)N(O)C(=O)ON(C(=O)OC(C)(C)C)C2(C)C(=O)N(C)N=C2c2cc(C)c(S(C)(=O)=O)c(C)c2)cc(C)c1S(C)(=O)=O. The lowest BCUT2D eigenvalue weighted by Gasteiger charge is -2.38. The van der Waals surface area contributed by atoms with Gasteiger partial charge in [0.15, 0.2) is 25.2 Å². The van der Waals surface area contributed by atoms with Crippen molar-refractivity contribution >= 4 is 55.1 Å². The highest BCUT2D eigenvalue weighted by Crippen LogP contribution is 2.36. The van der Waals surface area contributed by atoms with Crippen molar-refractivity contribution in [3.63, 3.8) is 0 Å². The molecule has 0 saturated carbocycles. The molecule has 0 bridgehead atoms. The van der Waals surface area contributed by atoms with Gasteiger partial charge in [0.05, 0.1) is 9.79 Å². The maximum Gasteiger partial charge on any atom is 0.459 e. The molecular formula is C34H44N6O11S2. The molecule has 0 spiro atoms. The Morgan fingerprint density at radius 1 is 0.717 bits per heavy atom. The number of benzene rings is 2. The fourth-order valence-electron chi connectivity index (χ4n) is 6.73. The summed E-state index contributed by atoms with van der Waals surface area (Å²) >= 11 is 0. The van der Waals surface area contributed by atoms with Crippen LogP contribution in [0.1, 0.15) is 68.0 Å². The highest BCUT2D eigenvalue weighted by atomic mass is 32.2. The maximum atomic E-state index is 14.0. The van der Waals surface area contributed by atoms with Gasteiger partial charge in [-0.05, 0) is 109 Å². The van der Waals surface area contributed by atoms with Crippen LogP contribution in [0.3, 0.4) is 0 Å². The van der Waals surface area contributed by atoms with Gasteiger partial charge < -0.3 is 9.57 Å². The zero-order valence-corrected chi connectivity index (χ0v) is 33.5. The lowest BCUT2D eigenvalue weighted by atomic mass is 9.88. The molecule has 2 unspecified atom stereocenters. The summed E-state index contributed by atoms with van der Waals surface area (Å²) in [6.07, 6.45) is -0.957. The van der Waals surface area contributed by atoms with Gasteiger partial charge >= 0.3 is 12.2 Å². The van der Waals surface area contributed by atoms with Crippen LogP contribution < -0.4 is 0 Å². The lowest BCUT2D eigenvalue weighted by molar-refractivity contribution is -0.195. The van der Waals surface area contributed by atoms with Gasteiger partial charge in [-0.1, -0.05) is 0 Å². The number of ether oxygens (including phenoxy) is 1. The lowest BCUT2D eigenvalue weighted by Crippen LogP contribution is -2.64. The van der Waals surface area contributed by atoms with Gasteiger partial charge in [0.25, 0.3) is 11.8 Å². The van der Waals surface area contributed by atoms with E-state index < -0.39 is 60.4 Å². The van der Waals surface area contributed by atoms with E-state index in [-0.39, 0.29) is 37.4 Å². The van der Waals surface area contributed by atoms with Crippen molar-refractivity contribution in [3.8, 4) is 0 Å². The molecule has 0 saturated heterocycles. The average molecular weight is 777 g/mol. The van der Waals surface area contributed by atoms with E-state index in [2.05, 4.69) is 10.2 Å². The van der Waals surface area contributed by atoms with Crippen LogP contribution >= 0.6 is 0 Å². The molecule has 0 radical (unpaired) electrons. The second kappa shape index (κ2) is 13.2. The first-order valence-electron chi connectivity index (χ1n) is 16.1. The summed E-state index contributed by atoms with van der Waals surface area (Å²) in [5, 5.41) is 22.2. The summed E-state index contributed by atoms with van der Waals surface area (Å²) in [4.78, 5) is 61.2. The van der Waals surface area contributed by atoms with Gasteiger partial charge in [-0.2, -0.15) is 15.3 Å². The Labute approximate surface area is 308 Å². The summed E-state index contributed by atoms with van der Waals surface area (Å²) in [5.74, 6) is -1.78. The number of carbonyl (C=O) groups is 4. The Morgan fingerprint density at radius 3 is 1.40 bits per heavy atom. The van der Waals surface area contributed by atoms with E-state index in [0.717, 1.165) is 22.5 Å². The number of rotatable bonds is 6. The highest BCUT2D eigenvalue weighted by molar-refractivity contribution is 7.91. The Balaban J connectivity index is 1.85. The van der Waals surface area contributed by atoms with E-state index in [9.17, 15) is 41.2 Å². The molecular weight excluding hydrogens is 733 g/mol. The monoisotopic (exact) mass is 776 g/mol. The fraction of sp³-hybridized carbons (Fsp3) is 0.471. The minimum absolute atomic E-state index is 0.0563. The third kappa shape index (κ3) is 7.11. The predicted octanol–water partition coefficient (Wildman–Crippen LogP) is 3.28. The van der Waals surface area contributed by atoms with Crippen LogP contribution in [0.15, 0.2) is 44.3 Å². The van der Waals surface area contributed by atoms with Crippen molar-refractivity contribution in [2.24, 2.45) is 10.2 Å². The van der Waals surface area contributed by atoms with Crippen LogP contribution in [-0.2, 0) is 38.8 Å². The molecule has 19 heteroatoms. The molecule has 53 heavy (non-hydrogen) atoms. The Kier molecular flexibility index (Phi) is 10.2. The first-order chi connectivity index (χ1) is 24.0. The third-order valence-electron chi connectivity index (χ3n) is 8.78. The van der Waals surface area contributed by atoms with E-state index in [1.807, 2.05) is 0 Å². The number of hydrazone groups is 2. The van der Waals surface area contributed by atoms with E-state index in [1.54, 1.807) is 27.7 Å². The summed E-state index contributed by atoms with van der Waals surface area (Å²) in [6, 6.07) is 5.79. The molecule has 2 atom stereocenters. The number of amides is 4. The number of carbonyl (C=O) groups excluding carboxylic acids is 4. The van der Waals surface area contributed by atoms with Crippen molar-refractivity contribution in [2.75, 3.05) is 26.6 Å². The number of sulfone groups is 2. The van der Waals surface area contributed by atoms with Gasteiger partial charge in [0, 0.05) is 37.7 Å². The molecule has 2 heterocycles. The summed E-state index contributed by atoms with van der Waals surface area (Å²) in [5.41, 5.74) is -4.42. The Hall–Kier alpha value is -4.88. The molecule has 0 aliphatic carbocycles. The van der Waals surface area contributed by atoms with Gasteiger partial charge in [0.1, 0.15) is 17.0 Å². The number of likely N-dealkylation sites (N-methyl/N-ethyl adjacent to an activating group) is 2. The van der Waals surface area contributed by atoms with Crippen LogP contribution in [0, 0.1) is 27.7 Å². The molecule has 2 aromatic rings. The molecule has 17 nitrogen and oxygen atoms in total. The zero-order valence-electron chi connectivity index (χ0n) is 31.8. The molecule has 2 aliphatic rings. The number of hydroxylamine groups is 4. The first kappa shape index (κ1) is 40.9. The van der Waals surface area contributed by atoms with Crippen LogP contribution in [-0.4, -0.2) is 121 Å². The number of nitrogens with zero attached hydrogens (tertiary/aromatic N) is 6. The van der Waals surface area contributed by atoms with Crippen LogP contribution in [0.25, 0.3) is 0 Å². The van der Waals surface area contributed by atoms with Crippen molar-refractivity contribution in [1.29, 1.82) is 0 Å². The highest BCUT2D eigenvalue weighted by Gasteiger charge is 2.59. The van der Waals surface area contributed by atoms with Gasteiger partial charge in [-0.3, -0.25) is 14.8 Å². The van der Waals surface area contributed by atoms with Crippen molar-refractivity contribution < 1.29 is 50.8 Å². The standard InChI is InChI=1S/C34H44N6O11S2/c1-18-14-22(15-19(2)24(18)52(12,46)47)26-33(8,28(41)37(10)35-26)39(45)30(43)51-40(31(44)50-32(5,6)7)34(9)27(36-38(11)29(34)42)23-16-20(3)25(21(4)17-23)53(13,48)49/h14-17,45H,1-13H3. The largest absolute Gasteiger partial charge is 0.459 e. The van der Waals surface area contributed by atoms with Crippen LogP contribution in [0.2, 0.25) is 0 Å². The maximum absolute atomic E-state index is 14.0. The normalized spacial score (nSPS) is 20.7. The van der Waals surface area contributed by atoms with Crippen molar-refractivity contribution in [2.45, 2.75) is 88.8 Å². The Bertz CT molecular complexity index is 2200. The number of hydrogen-bond acceptors (Lipinski definition) is 13. The molecule has 0 aromatic heterocycles. The quantitative estimate of drug-likeness (QED) is 0.332. The minimum Gasteiger partial charge on any atom is -0.442 e. The average Bonchev–Trinajstić information content (AvgIpc) is 3.36. The summed E-state index contributed by atoms with van der Waals surface area (Å²) < 4.78 is 55.5. The molecule has 1 N–H and O–H groups in total. The van der Waals surface area contributed by atoms with Gasteiger partial charge in [0.2, 0.25) is 5.54 Å². The summed E-state index contributed by atoms with van der Waals surface area (Å²) in [7, 11) is -4.74. The molecule has 4 amide bonds.